The fraction of sp³-hybridized carbons (Fsp3) is 0.167. The molecule has 0 bridgehead atoms. The number of fused-ring (bicyclic) bond motifs is 1. The first-order valence-electron chi connectivity index (χ1n) is 8.34. The molecule has 0 spiro atoms. The Balaban J connectivity index is 1.53. The van der Waals surface area contributed by atoms with Crippen molar-refractivity contribution in [3.05, 3.63) is 54.6 Å². The number of alkyl halides is 3. The van der Waals surface area contributed by atoms with E-state index in [4.69, 9.17) is 4.74 Å². The summed E-state index contributed by atoms with van der Waals surface area (Å²) in [5.74, 6) is 0.417. The maximum atomic E-state index is 12.5. The monoisotopic (exact) mass is 405 g/mol. The lowest BCUT2D eigenvalue weighted by Crippen LogP contribution is -2.31. The third-order valence-corrected chi connectivity index (χ3v) is 4.06. The lowest BCUT2D eigenvalue weighted by molar-refractivity contribution is -0.274. The van der Waals surface area contributed by atoms with Gasteiger partial charge in [-0.25, -0.2) is 15.0 Å². The lowest BCUT2D eigenvalue weighted by atomic mass is 10.2. The minimum Gasteiger partial charge on any atom is -0.439 e. The zero-order valence-corrected chi connectivity index (χ0v) is 14.9. The van der Waals surface area contributed by atoms with Crippen LogP contribution in [0, 0.1) is 6.92 Å². The minimum absolute atomic E-state index is 0.135. The van der Waals surface area contributed by atoms with Crippen LogP contribution in [0.5, 0.6) is 17.4 Å². The second-order valence-corrected chi connectivity index (χ2v) is 6.08. The highest BCUT2D eigenvalue weighted by atomic mass is 19.4. The summed E-state index contributed by atoms with van der Waals surface area (Å²) in [4.78, 5) is 13.7. The summed E-state index contributed by atoms with van der Waals surface area (Å²) in [6.45, 7) is 1.49. The van der Waals surface area contributed by atoms with E-state index in [0.717, 1.165) is 6.07 Å². The Morgan fingerprint density at radius 3 is 2.69 bits per heavy atom. The number of benzene rings is 1. The number of aromatic nitrogens is 3. The number of aryl methyl sites for hydroxylation is 1. The van der Waals surface area contributed by atoms with E-state index < -0.39 is 12.7 Å². The quantitative estimate of drug-likeness (QED) is 0.679. The van der Waals surface area contributed by atoms with Gasteiger partial charge in [-0.1, -0.05) is 6.07 Å². The largest absolute Gasteiger partial charge is 0.573 e. The molecule has 0 aliphatic carbocycles. The van der Waals surface area contributed by atoms with Crippen molar-refractivity contribution in [2.75, 3.05) is 10.2 Å². The summed E-state index contributed by atoms with van der Waals surface area (Å²) in [7, 11) is 0. The Labute approximate surface area is 162 Å². The van der Waals surface area contributed by atoms with E-state index >= 15 is 0 Å². The molecule has 4 rings (SSSR count). The molecular formula is C18H14F3N5O3. The molecule has 1 aliphatic heterocycles. The van der Waals surface area contributed by atoms with Crippen molar-refractivity contribution >= 4 is 17.2 Å². The molecule has 150 valence electrons. The van der Waals surface area contributed by atoms with Gasteiger partial charge in [-0.05, 0) is 24.6 Å². The van der Waals surface area contributed by atoms with Crippen molar-refractivity contribution in [1.82, 2.24) is 15.0 Å². The van der Waals surface area contributed by atoms with Crippen LogP contribution in [-0.2, 0) is 0 Å². The molecule has 0 radical (unpaired) electrons. The van der Waals surface area contributed by atoms with Gasteiger partial charge in [0.25, 0.3) is 0 Å². The standard InChI is InChI=1S/C18H14F3N5O3/c1-10-2-4-12(6-14(10)29-18(19,20)21)28-15-5-3-11(7-23-15)26-16-13(25-17(26)27)8-22-9-24-16/h2-9,17,25,27H,1H3. The van der Waals surface area contributed by atoms with Gasteiger partial charge >= 0.3 is 6.36 Å². The molecule has 1 aliphatic rings. The Hall–Kier alpha value is -3.60. The van der Waals surface area contributed by atoms with Crippen LogP contribution in [0.2, 0.25) is 0 Å². The highest BCUT2D eigenvalue weighted by molar-refractivity contribution is 5.77. The predicted octanol–water partition coefficient (Wildman–Crippen LogP) is 3.71. The Morgan fingerprint density at radius 2 is 1.97 bits per heavy atom. The molecule has 8 nitrogen and oxygen atoms in total. The molecule has 11 heteroatoms. The molecular weight excluding hydrogens is 391 g/mol. The van der Waals surface area contributed by atoms with E-state index in [2.05, 4.69) is 25.0 Å². The SMILES string of the molecule is Cc1ccc(Oc2ccc(N3c4ncncc4NC3O)cn2)cc1OC(F)(F)F. The van der Waals surface area contributed by atoms with Crippen LogP contribution in [0.25, 0.3) is 0 Å². The summed E-state index contributed by atoms with van der Waals surface area (Å²) < 4.78 is 47.0. The average Bonchev–Trinajstić information content (AvgIpc) is 3.00. The van der Waals surface area contributed by atoms with Crippen LogP contribution in [-0.4, -0.2) is 32.8 Å². The number of aliphatic hydroxyl groups excluding tert-OH is 1. The molecule has 0 saturated carbocycles. The van der Waals surface area contributed by atoms with E-state index in [1.807, 2.05) is 0 Å². The molecule has 0 saturated heterocycles. The number of halogens is 3. The first-order chi connectivity index (χ1) is 13.8. The summed E-state index contributed by atoms with van der Waals surface area (Å²) in [6, 6.07) is 7.25. The molecule has 2 N–H and O–H groups in total. The second-order valence-electron chi connectivity index (χ2n) is 6.08. The number of nitrogens with one attached hydrogen (secondary N) is 1. The highest BCUT2D eigenvalue weighted by Crippen LogP contribution is 2.37. The Bertz CT molecular complexity index is 1030. The zero-order valence-electron chi connectivity index (χ0n) is 14.9. The summed E-state index contributed by atoms with van der Waals surface area (Å²) >= 11 is 0. The summed E-state index contributed by atoms with van der Waals surface area (Å²) in [6.07, 6.45) is -1.51. The molecule has 0 amide bonds. The first kappa shape index (κ1) is 18.7. The van der Waals surface area contributed by atoms with Gasteiger partial charge in [0.05, 0.1) is 23.8 Å². The Kier molecular flexibility index (Phi) is 4.59. The summed E-state index contributed by atoms with van der Waals surface area (Å²) in [5.41, 5.74) is 1.41. The van der Waals surface area contributed by atoms with E-state index in [-0.39, 0.29) is 17.4 Å². The number of hydrogen-bond acceptors (Lipinski definition) is 8. The Morgan fingerprint density at radius 1 is 1.14 bits per heavy atom. The van der Waals surface area contributed by atoms with Crippen molar-refractivity contribution in [2.45, 2.75) is 19.6 Å². The van der Waals surface area contributed by atoms with Crippen molar-refractivity contribution in [3.63, 3.8) is 0 Å². The fourth-order valence-corrected chi connectivity index (χ4v) is 2.77. The van der Waals surface area contributed by atoms with Crippen molar-refractivity contribution in [3.8, 4) is 17.4 Å². The molecule has 0 fully saturated rings. The maximum absolute atomic E-state index is 12.5. The number of nitrogens with zero attached hydrogens (tertiary/aromatic N) is 4. The van der Waals surface area contributed by atoms with E-state index in [1.54, 1.807) is 6.07 Å². The van der Waals surface area contributed by atoms with E-state index in [1.165, 1.54) is 48.7 Å². The van der Waals surface area contributed by atoms with E-state index in [9.17, 15) is 18.3 Å². The van der Waals surface area contributed by atoms with Crippen molar-refractivity contribution < 1.29 is 27.8 Å². The number of rotatable bonds is 4. The van der Waals surface area contributed by atoms with Gasteiger partial charge in [-0.15, -0.1) is 13.2 Å². The topological polar surface area (TPSA) is 92.6 Å². The third-order valence-electron chi connectivity index (χ3n) is 4.06. The molecule has 2 aromatic heterocycles. The molecule has 29 heavy (non-hydrogen) atoms. The lowest BCUT2D eigenvalue weighted by Gasteiger charge is -2.21. The average molecular weight is 405 g/mol. The molecule has 3 aromatic rings. The van der Waals surface area contributed by atoms with Gasteiger partial charge in [-0.2, -0.15) is 0 Å². The number of ether oxygens (including phenoxy) is 2. The van der Waals surface area contributed by atoms with Gasteiger partial charge in [0.2, 0.25) is 12.2 Å². The smallest absolute Gasteiger partial charge is 0.439 e. The van der Waals surface area contributed by atoms with Crippen LogP contribution in [0.4, 0.5) is 30.4 Å². The van der Waals surface area contributed by atoms with Crippen LogP contribution < -0.4 is 19.7 Å². The van der Waals surface area contributed by atoms with Gasteiger partial charge in [-0.3, -0.25) is 4.90 Å². The van der Waals surface area contributed by atoms with Gasteiger partial charge in [0, 0.05) is 12.1 Å². The van der Waals surface area contributed by atoms with E-state index in [0.29, 0.717) is 22.8 Å². The van der Waals surface area contributed by atoms with Gasteiger partial charge in [0.15, 0.2) is 5.82 Å². The van der Waals surface area contributed by atoms with Crippen LogP contribution in [0.1, 0.15) is 5.56 Å². The van der Waals surface area contributed by atoms with Crippen molar-refractivity contribution in [1.29, 1.82) is 0 Å². The minimum atomic E-state index is -4.80. The highest BCUT2D eigenvalue weighted by Gasteiger charge is 2.32. The van der Waals surface area contributed by atoms with Crippen molar-refractivity contribution in [2.24, 2.45) is 0 Å². The molecule has 1 unspecified atom stereocenters. The predicted molar refractivity (Wildman–Crippen MR) is 96.0 cm³/mol. The molecule has 1 aromatic carbocycles. The van der Waals surface area contributed by atoms with Gasteiger partial charge in [0.1, 0.15) is 17.8 Å². The molecule has 3 heterocycles. The maximum Gasteiger partial charge on any atom is 0.573 e. The number of pyridine rings is 1. The van der Waals surface area contributed by atoms with Crippen LogP contribution in [0.15, 0.2) is 49.1 Å². The zero-order chi connectivity index (χ0) is 20.6. The first-order valence-corrected chi connectivity index (χ1v) is 8.34. The number of anilines is 3. The normalized spacial score (nSPS) is 15.6. The summed E-state index contributed by atoms with van der Waals surface area (Å²) in [5, 5.41) is 13.0. The van der Waals surface area contributed by atoms with Crippen LogP contribution in [0.3, 0.4) is 0 Å². The third kappa shape index (κ3) is 3.99. The molecule has 1 atom stereocenters. The number of aliphatic hydroxyl groups is 1. The van der Waals surface area contributed by atoms with Crippen LogP contribution >= 0.6 is 0 Å². The number of hydrogen-bond donors (Lipinski definition) is 2. The second kappa shape index (κ2) is 7.09. The fourth-order valence-electron chi connectivity index (χ4n) is 2.77. The van der Waals surface area contributed by atoms with Gasteiger partial charge < -0.3 is 19.9 Å².